The van der Waals surface area contributed by atoms with Crippen molar-refractivity contribution in [3.63, 3.8) is 0 Å². The van der Waals surface area contributed by atoms with Crippen molar-refractivity contribution < 1.29 is 9.59 Å². The Bertz CT molecular complexity index is 522. The molecule has 102 valence electrons. The summed E-state index contributed by atoms with van der Waals surface area (Å²) < 4.78 is 1.86. The van der Waals surface area contributed by atoms with Gasteiger partial charge in [-0.1, -0.05) is 0 Å². The molecule has 0 aromatic carbocycles. The van der Waals surface area contributed by atoms with E-state index in [9.17, 15) is 9.59 Å². The van der Waals surface area contributed by atoms with Gasteiger partial charge < -0.3 is 5.32 Å². The smallest absolute Gasteiger partial charge is 0.242 e. The van der Waals surface area contributed by atoms with Crippen molar-refractivity contribution in [2.24, 2.45) is 5.41 Å². The molecule has 2 amide bonds. The molecule has 1 aromatic rings. The van der Waals surface area contributed by atoms with E-state index in [4.69, 9.17) is 0 Å². The molecule has 7 heteroatoms. The van der Waals surface area contributed by atoms with Crippen LogP contribution in [-0.2, 0) is 9.59 Å². The lowest BCUT2D eigenvalue weighted by Gasteiger charge is -2.30. The second-order valence-electron chi connectivity index (χ2n) is 5.44. The molecule has 2 N–H and O–H groups in total. The highest BCUT2D eigenvalue weighted by atomic mass is 16.2. The number of hydrogen-bond donors (Lipinski definition) is 2. The van der Waals surface area contributed by atoms with Gasteiger partial charge in [0.25, 0.3) is 0 Å². The van der Waals surface area contributed by atoms with Gasteiger partial charge in [-0.25, -0.2) is 0 Å². The van der Waals surface area contributed by atoms with E-state index in [1.165, 1.54) is 0 Å². The third-order valence-corrected chi connectivity index (χ3v) is 3.88. The molecule has 2 fully saturated rings. The number of hydrogen-bond acceptors (Lipinski definition) is 4. The minimum Gasteiger partial charge on any atom is -0.355 e. The summed E-state index contributed by atoms with van der Waals surface area (Å²) in [6.07, 6.45) is 5.15. The van der Waals surface area contributed by atoms with Gasteiger partial charge in [-0.05, 0) is 32.6 Å². The fourth-order valence-corrected chi connectivity index (χ4v) is 2.36. The predicted molar refractivity (Wildman–Crippen MR) is 67.3 cm³/mol. The zero-order valence-corrected chi connectivity index (χ0v) is 10.8. The van der Waals surface area contributed by atoms with Gasteiger partial charge in [0.05, 0.1) is 0 Å². The Hall–Kier alpha value is -1.92. The van der Waals surface area contributed by atoms with Crippen LogP contribution in [0.15, 0.2) is 6.33 Å². The van der Waals surface area contributed by atoms with Crippen LogP contribution in [0.3, 0.4) is 0 Å². The van der Waals surface area contributed by atoms with Crippen molar-refractivity contribution in [3.8, 4) is 0 Å². The highest BCUT2D eigenvalue weighted by Gasteiger charge is 2.43. The summed E-state index contributed by atoms with van der Waals surface area (Å²) in [6, 6.07) is 0.387. The predicted octanol–water partition coefficient (Wildman–Crippen LogP) is 0.468. The second kappa shape index (κ2) is 4.32. The number of carbonyl (C=O) groups is 2. The van der Waals surface area contributed by atoms with Crippen molar-refractivity contribution in [2.45, 2.75) is 38.6 Å². The van der Waals surface area contributed by atoms with Gasteiger partial charge >= 0.3 is 0 Å². The van der Waals surface area contributed by atoms with Gasteiger partial charge in [0, 0.05) is 12.6 Å². The molecule has 0 bridgehead atoms. The number of rotatable bonds is 3. The van der Waals surface area contributed by atoms with Crippen LogP contribution in [0, 0.1) is 5.41 Å². The molecule has 3 rings (SSSR count). The number of nitrogens with zero attached hydrogens (tertiary/aromatic N) is 3. The van der Waals surface area contributed by atoms with E-state index in [0.717, 1.165) is 19.3 Å². The molecule has 1 saturated carbocycles. The summed E-state index contributed by atoms with van der Waals surface area (Å²) in [5.41, 5.74) is -1.02. The summed E-state index contributed by atoms with van der Waals surface area (Å²) in [4.78, 5) is 24.2. The van der Waals surface area contributed by atoms with Crippen LogP contribution in [0.4, 0.5) is 5.95 Å². The average molecular weight is 263 g/mol. The molecule has 2 heterocycles. The molecule has 0 radical (unpaired) electrons. The van der Waals surface area contributed by atoms with Crippen LogP contribution in [0.5, 0.6) is 0 Å². The first kappa shape index (κ1) is 12.1. The van der Waals surface area contributed by atoms with Crippen LogP contribution in [0.25, 0.3) is 0 Å². The largest absolute Gasteiger partial charge is 0.355 e. The Morgan fingerprint density at radius 2 is 2.37 bits per heavy atom. The van der Waals surface area contributed by atoms with Gasteiger partial charge in [0.1, 0.15) is 11.7 Å². The lowest BCUT2D eigenvalue weighted by Crippen LogP contribution is -2.51. The van der Waals surface area contributed by atoms with Crippen LogP contribution < -0.4 is 10.6 Å². The van der Waals surface area contributed by atoms with E-state index in [-0.39, 0.29) is 11.8 Å². The lowest BCUT2D eigenvalue weighted by atomic mass is 9.81. The zero-order chi connectivity index (χ0) is 13.5. The molecule has 1 aromatic heterocycles. The molecule has 19 heavy (non-hydrogen) atoms. The van der Waals surface area contributed by atoms with Gasteiger partial charge in [-0.3, -0.25) is 19.5 Å². The molecule has 1 atom stereocenters. The fraction of sp³-hybridized carbons (Fsp3) is 0.667. The third kappa shape index (κ3) is 2.09. The van der Waals surface area contributed by atoms with Crippen LogP contribution in [0.1, 0.15) is 38.6 Å². The van der Waals surface area contributed by atoms with Crippen LogP contribution in [0.2, 0.25) is 0 Å². The first-order valence-corrected chi connectivity index (χ1v) is 6.60. The minimum atomic E-state index is -1.02. The zero-order valence-electron chi connectivity index (χ0n) is 10.8. The van der Waals surface area contributed by atoms with Crippen molar-refractivity contribution in [3.05, 3.63) is 6.33 Å². The van der Waals surface area contributed by atoms with Gasteiger partial charge in [0.2, 0.25) is 17.8 Å². The summed E-state index contributed by atoms with van der Waals surface area (Å²) in [7, 11) is 0. The fourth-order valence-electron chi connectivity index (χ4n) is 2.36. The summed E-state index contributed by atoms with van der Waals surface area (Å²) >= 11 is 0. The van der Waals surface area contributed by atoms with Gasteiger partial charge in [0.15, 0.2) is 0 Å². The quantitative estimate of drug-likeness (QED) is 0.776. The maximum atomic E-state index is 12.3. The van der Waals surface area contributed by atoms with Crippen LogP contribution >= 0.6 is 0 Å². The van der Waals surface area contributed by atoms with E-state index in [0.29, 0.717) is 25.0 Å². The number of nitrogens with one attached hydrogen (secondary N) is 2. The van der Waals surface area contributed by atoms with Crippen molar-refractivity contribution in [1.82, 2.24) is 20.1 Å². The molecule has 1 aliphatic heterocycles. The Balaban J connectivity index is 1.76. The third-order valence-electron chi connectivity index (χ3n) is 3.88. The van der Waals surface area contributed by atoms with Crippen molar-refractivity contribution in [1.29, 1.82) is 0 Å². The Labute approximate surface area is 110 Å². The van der Waals surface area contributed by atoms with Gasteiger partial charge in [-0.15, -0.1) is 10.2 Å². The number of piperidine rings is 1. The monoisotopic (exact) mass is 263 g/mol. The Morgan fingerprint density at radius 1 is 1.58 bits per heavy atom. The number of aromatic nitrogens is 3. The van der Waals surface area contributed by atoms with Crippen molar-refractivity contribution >= 4 is 17.8 Å². The standard InChI is InChI=1S/C12H17N5O2/c1-12(5-2-6-13-9(12)18)10(19)15-11-16-14-7-17(11)8-3-4-8/h7-8H,2-6H2,1H3,(H,13,18)(H,15,16,19). The molecule has 2 aliphatic rings. The van der Waals surface area contributed by atoms with E-state index in [1.807, 2.05) is 4.57 Å². The summed E-state index contributed by atoms with van der Waals surface area (Å²) in [5, 5.41) is 13.2. The summed E-state index contributed by atoms with van der Waals surface area (Å²) in [5.74, 6) is -0.0829. The SMILES string of the molecule is CC1(C(=O)Nc2nncn2C2CC2)CCCNC1=O. The Morgan fingerprint density at radius 3 is 3.05 bits per heavy atom. The highest BCUT2D eigenvalue weighted by molar-refractivity contribution is 6.10. The van der Waals surface area contributed by atoms with E-state index in [1.54, 1.807) is 13.3 Å². The number of anilines is 1. The lowest BCUT2D eigenvalue weighted by molar-refractivity contribution is -0.141. The molecule has 1 aliphatic carbocycles. The number of carbonyl (C=O) groups excluding carboxylic acids is 2. The maximum absolute atomic E-state index is 12.3. The molecular formula is C12H17N5O2. The molecule has 0 spiro atoms. The van der Waals surface area contributed by atoms with E-state index >= 15 is 0 Å². The van der Waals surface area contributed by atoms with Crippen LogP contribution in [-0.4, -0.2) is 33.1 Å². The molecular weight excluding hydrogens is 246 g/mol. The second-order valence-corrected chi connectivity index (χ2v) is 5.44. The topological polar surface area (TPSA) is 88.9 Å². The average Bonchev–Trinajstić information content (AvgIpc) is 3.14. The van der Waals surface area contributed by atoms with E-state index < -0.39 is 5.41 Å². The maximum Gasteiger partial charge on any atom is 0.242 e. The number of amides is 2. The molecule has 1 unspecified atom stereocenters. The molecule has 1 saturated heterocycles. The Kier molecular flexibility index (Phi) is 2.76. The molecule has 7 nitrogen and oxygen atoms in total. The minimum absolute atomic E-state index is 0.214. The first-order valence-electron chi connectivity index (χ1n) is 6.60. The van der Waals surface area contributed by atoms with Gasteiger partial charge in [-0.2, -0.15) is 0 Å². The first-order chi connectivity index (χ1) is 9.11. The van der Waals surface area contributed by atoms with E-state index in [2.05, 4.69) is 20.8 Å². The highest BCUT2D eigenvalue weighted by Crippen LogP contribution is 2.37. The summed E-state index contributed by atoms with van der Waals surface area (Å²) in [6.45, 7) is 2.31. The van der Waals surface area contributed by atoms with Crippen molar-refractivity contribution in [2.75, 3.05) is 11.9 Å². The normalized spacial score (nSPS) is 26.9.